The van der Waals surface area contributed by atoms with Crippen LogP contribution in [0.4, 0.5) is 18.9 Å². The lowest BCUT2D eigenvalue weighted by molar-refractivity contribution is -0.137. The Hall–Kier alpha value is -0.750. The Morgan fingerprint density at radius 1 is 1.37 bits per heavy atom. The summed E-state index contributed by atoms with van der Waals surface area (Å²) in [6.45, 7) is 2.84. The molecule has 0 saturated carbocycles. The van der Waals surface area contributed by atoms with Gasteiger partial charge in [-0.25, -0.2) is 0 Å². The zero-order valence-electron chi connectivity index (χ0n) is 10.8. The number of anilines is 1. The lowest BCUT2D eigenvalue weighted by Gasteiger charge is -2.19. The smallest absolute Gasteiger partial charge is 0.380 e. The van der Waals surface area contributed by atoms with Crippen LogP contribution in [-0.2, 0) is 6.18 Å². The van der Waals surface area contributed by atoms with Crippen LogP contribution >= 0.6 is 15.9 Å². The van der Waals surface area contributed by atoms with Gasteiger partial charge in [0.2, 0.25) is 0 Å². The van der Waals surface area contributed by atoms with E-state index in [2.05, 4.69) is 33.1 Å². The van der Waals surface area contributed by atoms with Crippen molar-refractivity contribution in [1.29, 1.82) is 0 Å². The highest BCUT2D eigenvalue weighted by atomic mass is 79.9. The molecule has 2 rings (SSSR count). The van der Waals surface area contributed by atoms with Crippen LogP contribution in [0.15, 0.2) is 22.7 Å². The maximum absolute atomic E-state index is 13.0. The molecule has 19 heavy (non-hydrogen) atoms. The Bertz CT molecular complexity index is 452. The van der Waals surface area contributed by atoms with E-state index in [1.165, 1.54) is 6.07 Å². The van der Waals surface area contributed by atoms with Gasteiger partial charge in [0.1, 0.15) is 0 Å². The molecule has 6 heteroatoms. The molecule has 2 atom stereocenters. The molecule has 0 amide bonds. The van der Waals surface area contributed by atoms with Gasteiger partial charge in [-0.1, -0.05) is 15.9 Å². The number of hydrogen-bond acceptors (Lipinski definition) is 2. The minimum atomic E-state index is -4.35. The number of nitrogens with one attached hydrogen (secondary N) is 1. The van der Waals surface area contributed by atoms with Crippen molar-refractivity contribution in [3.63, 3.8) is 0 Å². The van der Waals surface area contributed by atoms with Crippen molar-refractivity contribution < 1.29 is 13.2 Å². The molecule has 1 N–H and O–H groups in total. The minimum absolute atomic E-state index is 0.0577. The summed E-state index contributed by atoms with van der Waals surface area (Å²) in [5, 5.41) is 3.02. The fourth-order valence-electron chi connectivity index (χ4n) is 2.40. The van der Waals surface area contributed by atoms with Crippen molar-refractivity contribution >= 4 is 21.6 Å². The van der Waals surface area contributed by atoms with Crippen molar-refractivity contribution in [2.24, 2.45) is 0 Å². The van der Waals surface area contributed by atoms with Crippen LogP contribution in [0.5, 0.6) is 0 Å². The Kier molecular flexibility index (Phi) is 4.11. The van der Waals surface area contributed by atoms with Crippen LogP contribution in [0.1, 0.15) is 18.9 Å². The van der Waals surface area contributed by atoms with Crippen LogP contribution in [0.25, 0.3) is 0 Å². The standard InChI is InChI=1S/C13H16BrF3N2/c1-8-5-10(7-19(8)2)18-12-4-3-9(14)6-11(12)13(15,16)17/h3-4,6,8,10,18H,5,7H2,1-2H3. The summed E-state index contributed by atoms with van der Waals surface area (Å²) in [6, 6.07) is 4.67. The average molecular weight is 337 g/mol. The third kappa shape index (κ3) is 3.42. The second-order valence-electron chi connectivity index (χ2n) is 5.05. The topological polar surface area (TPSA) is 15.3 Å². The van der Waals surface area contributed by atoms with E-state index in [-0.39, 0.29) is 11.7 Å². The van der Waals surface area contributed by atoms with Gasteiger partial charge in [0.05, 0.1) is 5.56 Å². The number of alkyl halides is 3. The summed E-state index contributed by atoms with van der Waals surface area (Å²) in [6.07, 6.45) is -3.49. The molecule has 0 bridgehead atoms. The van der Waals surface area contributed by atoms with Crippen LogP contribution in [0, 0.1) is 0 Å². The molecule has 1 heterocycles. The fourth-order valence-corrected chi connectivity index (χ4v) is 2.76. The molecule has 0 radical (unpaired) electrons. The van der Waals surface area contributed by atoms with Crippen LogP contribution < -0.4 is 5.32 Å². The first-order valence-electron chi connectivity index (χ1n) is 6.11. The molecule has 0 spiro atoms. The molecular formula is C13H16BrF3N2. The molecule has 1 saturated heterocycles. The number of halogens is 4. The maximum Gasteiger partial charge on any atom is 0.418 e. The predicted octanol–water partition coefficient (Wildman–Crippen LogP) is 3.97. The summed E-state index contributed by atoms with van der Waals surface area (Å²) < 4.78 is 39.4. The maximum atomic E-state index is 13.0. The van der Waals surface area contributed by atoms with Crippen molar-refractivity contribution in [2.75, 3.05) is 18.9 Å². The molecule has 1 aromatic rings. The summed E-state index contributed by atoms with van der Waals surface area (Å²) in [4.78, 5) is 2.14. The number of hydrogen-bond donors (Lipinski definition) is 1. The first-order chi connectivity index (χ1) is 8.77. The highest BCUT2D eigenvalue weighted by molar-refractivity contribution is 9.10. The number of benzene rings is 1. The lowest BCUT2D eigenvalue weighted by atomic mass is 10.1. The number of likely N-dealkylation sites (tertiary alicyclic amines) is 1. The summed E-state index contributed by atoms with van der Waals surface area (Å²) in [5.41, 5.74) is -0.465. The van der Waals surface area contributed by atoms with Gasteiger partial charge in [-0.2, -0.15) is 13.2 Å². The average Bonchev–Trinajstić information content (AvgIpc) is 2.59. The quantitative estimate of drug-likeness (QED) is 0.878. The van der Waals surface area contributed by atoms with Gasteiger partial charge < -0.3 is 10.2 Å². The van der Waals surface area contributed by atoms with Gasteiger partial charge in [-0.15, -0.1) is 0 Å². The normalized spacial score (nSPS) is 24.7. The number of nitrogens with zero attached hydrogens (tertiary/aromatic N) is 1. The Morgan fingerprint density at radius 3 is 2.58 bits per heavy atom. The molecule has 106 valence electrons. The molecular weight excluding hydrogens is 321 g/mol. The number of likely N-dealkylation sites (N-methyl/N-ethyl adjacent to an activating group) is 1. The molecule has 1 aromatic carbocycles. The highest BCUT2D eigenvalue weighted by Gasteiger charge is 2.35. The lowest BCUT2D eigenvalue weighted by Crippen LogP contribution is -2.25. The second kappa shape index (κ2) is 5.32. The highest BCUT2D eigenvalue weighted by Crippen LogP contribution is 2.37. The van der Waals surface area contributed by atoms with E-state index in [9.17, 15) is 13.2 Å². The van der Waals surface area contributed by atoms with Gasteiger partial charge in [0, 0.05) is 28.8 Å². The largest absolute Gasteiger partial charge is 0.418 e. The van der Waals surface area contributed by atoms with E-state index in [1.54, 1.807) is 6.07 Å². The molecule has 1 fully saturated rings. The fraction of sp³-hybridized carbons (Fsp3) is 0.538. The van der Waals surface area contributed by atoms with Crippen LogP contribution in [0.3, 0.4) is 0 Å². The third-order valence-electron chi connectivity index (χ3n) is 3.53. The Labute approximate surface area is 119 Å². The first-order valence-corrected chi connectivity index (χ1v) is 6.90. The van der Waals surface area contributed by atoms with Crippen molar-refractivity contribution in [3.05, 3.63) is 28.2 Å². The second-order valence-corrected chi connectivity index (χ2v) is 5.97. The van der Waals surface area contributed by atoms with Gasteiger partial charge >= 0.3 is 6.18 Å². The SMILES string of the molecule is CC1CC(Nc2ccc(Br)cc2C(F)(F)F)CN1C. The molecule has 1 aliphatic rings. The van der Waals surface area contributed by atoms with Crippen LogP contribution in [-0.4, -0.2) is 30.6 Å². The van der Waals surface area contributed by atoms with E-state index in [1.807, 2.05) is 7.05 Å². The van der Waals surface area contributed by atoms with Gasteiger partial charge in [-0.3, -0.25) is 0 Å². The van der Waals surface area contributed by atoms with Crippen molar-refractivity contribution in [3.8, 4) is 0 Å². The zero-order valence-corrected chi connectivity index (χ0v) is 12.3. The minimum Gasteiger partial charge on any atom is -0.380 e. The summed E-state index contributed by atoms with van der Waals surface area (Å²) in [7, 11) is 1.98. The molecule has 0 aromatic heterocycles. The Morgan fingerprint density at radius 2 is 2.05 bits per heavy atom. The zero-order chi connectivity index (χ0) is 14.2. The molecule has 2 unspecified atom stereocenters. The van der Waals surface area contributed by atoms with Crippen LogP contribution in [0.2, 0.25) is 0 Å². The predicted molar refractivity (Wildman–Crippen MR) is 73.3 cm³/mol. The molecule has 2 nitrogen and oxygen atoms in total. The number of rotatable bonds is 2. The van der Waals surface area contributed by atoms with Crippen molar-refractivity contribution in [1.82, 2.24) is 4.90 Å². The Balaban J connectivity index is 2.21. The van der Waals surface area contributed by atoms with E-state index >= 15 is 0 Å². The van der Waals surface area contributed by atoms with E-state index in [0.29, 0.717) is 10.5 Å². The van der Waals surface area contributed by atoms with Crippen molar-refractivity contribution in [2.45, 2.75) is 31.6 Å². The van der Waals surface area contributed by atoms with E-state index in [4.69, 9.17) is 0 Å². The molecule has 1 aliphatic heterocycles. The third-order valence-corrected chi connectivity index (χ3v) is 4.03. The van der Waals surface area contributed by atoms with E-state index < -0.39 is 11.7 Å². The summed E-state index contributed by atoms with van der Waals surface area (Å²) in [5.74, 6) is 0. The molecule has 0 aliphatic carbocycles. The van der Waals surface area contributed by atoms with E-state index in [0.717, 1.165) is 19.0 Å². The van der Waals surface area contributed by atoms with Gasteiger partial charge in [-0.05, 0) is 38.6 Å². The monoisotopic (exact) mass is 336 g/mol. The van der Waals surface area contributed by atoms with Gasteiger partial charge in [0.25, 0.3) is 0 Å². The first kappa shape index (κ1) is 14.7. The van der Waals surface area contributed by atoms with Gasteiger partial charge in [0.15, 0.2) is 0 Å². The summed E-state index contributed by atoms with van der Waals surface area (Å²) >= 11 is 3.08.